The molecule has 1 saturated heterocycles. The number of ether oxygens (including phenoxy) is 1. The molecule has 0 aromatic carbocycles. The quantitative estimate of drug-likeness (QED) is 0.757. The maximum atomic E-state index is 13.6. The van der Waals surface area contributed by atoms with E-state index >= 15 is 0 Å². The zero-order valence-corrected chi connectivity index (χ0v) is 15.0. The largest absolute Gasteiger partial charge is 0.502 e. The molecule has 0 N–H and O–H groups in total. The minimum atomic E-state index is -4.85. The summed E-state index contributed by atoms with van der Waals surface area (Å²) >= 11 is 0. The monoisotopic (exact) mass is 370 g/mol. The Balaban J connectivity index is 2.28. The predicted octanol–water partition coefficient (Wildman–Crippen LogP) is 2.02. The van der Waals surface area contributed by atoms with E-state index in [0.29, 0.717) is 0 Å². The van der Waals surface area contributed by atoms with Crippen molar-refractivity contribution in [1.29, 1.82) is 0 Å². The molecule has 6 nitrogen and oxygen atoms in total. The average molecular weight is 370 g/mol. The first kappa shape index (κ1) is 18.7. The number of halogens is 3. The fraction of sp³-hybridized carbons (Fsp3) is 0.500. The van der Waals surface area contributed by atoms with Gasteiger partial charge in [0.2, 0.25) is 0 Å². The van der Waals surface area contributed by atoms with Gasteiger partial charge in [0.15, 0.2) is 5.69 Å². The molecule has 3 heterocycles. The van der Waals surface area contributed by atoms with Gasteiger partial charge in [0.1, 0.15) is 11.4 Å². The second kappa shape index (κ2) is 5.72. The van der Waals surface area contributed by atoms with Gasteiger partial charge in [0.05, 0.1) is 23.8 Å². The standard InChI is InChI=1S/C16H18BF3N2O4/c1-14(2)15(3,4)26-17(25-14)11-12(16(18,19)20)21-10-8-9(24-5)6-7-22(10)13(11)23/h6-8H,1-5H3. The summed E-state index contributed by atoms with van der Waals surface area (Å²) in [5.74, 6) is 0.286. The Kier molecular flexibility index (Phi) is 4.12. The molecule has 1 aliphatic heterocycles. The highest BCUT2D eigenvalue weighted by molar-refractivity contribution is 6.62. The van der Waals surface area contributed by atoms with Gasteiger partial charge < -0.3 is 14.0 Å². The third-order valence-electron chi connectivity index (χ3n) is 4.83. The highest BCUT2D eigenvalue weighted by Gasteiger charge is 2.55. The van der Waals surface area contributed by atoms with Crippen LogP contribution in [0.4, 0.5) is 13.2 Å². The molecule has 2 aromatic rings. The summed E-state index contributed by atoms with van der Waals surface area (Å²) in [6, 6.07) is 2.71. The van der Waals surface area contributed by atoms with Crippen molar-refractivity contribution in [3.63, 3.8) is 0 Å². The molecular formula is C16H18BF3N2O4. The second-order valence-corrected chi connectivity index (χ2v) is 7.06. The van der Waals surface area contributed by atoms with Crippen LogP contribution in [0.25, 0.3) is 5.65 Å². The van der Waals surface area contributed by atoms with Crippen LogP contribution in [0.2, 0.25) is 0 Å². The zero-order valence-electron chi connectivity index (χ0n) is 15.0. The maximum Gasteiger partial charge on any atom is 0.502 e. The van der Waals surface area contributed by atoms with Gasteiger partial charge in [-0.1, -0.05) is 0 Å². The summed E-state index contributed by atoms with van der Waals surface area (Å²) in [6.07, 6.45) is -3.55. The van der Waals surface area contributed by atoms with Gasteiger partial charge >= 0.3 is 13.3 Å². The van der Waals surface area contributed by atoms with Crippen molar-refractivity contribution < 1.29 is 27.2 Å². The van der Waals surface area contributed by atoms with E-state index in [1.807, 2.05) is 0 Å². The summed E-state index contributed by atoms with van der Waals surface area (Å²) in [5, 5.41) is 0. The Morgan fingerprint density at radius 2 is 1.77 bits per heavy atom. The van der Waals surface area contributed by atoms with Gasteiger partial charge in [-0.3, -0.25) is 9.20 Å². The van der Waals surface area contributed by atoms with E-state index in [0.717, 1.165) is 4.40 Å². The average Bonchev–Trinajstić information content (AvgIpc) is 2.73. The molecule has 10 heteroatoms. The smallest absolute Gasteiger partial charge is 0.497 e. The Labute approximate surface area is 148 Å². The van der Waals surface area contributed by atoms with E-state index in [1.165, 1.54) is 25.4 Å². The number of aromatic nitrogens is 2. The number of alkyl halides is 3. The van der Waals surface area contributed by atoms with Crippen LogP contribution in [0.3, 0.4) is 0 Å². The minimum Gasteiger partial charge on any atom is -0.497 e. The summed E-state index contributed by atoms with van der Waals surface area (Å²) in [6.45, 7) is 6.77. The Hall–Kier alpha value is -2.07. The molecule has 26 heavy (non-hydrogen) atoms. The van der Waals surface area contributed by atoms with Gasteiger partial charge in [-0.25, -0.2) is 4.98 Å². The first-order valence-corrected chi connectivity index (χ1v) is 7.90. The zero-order chi connectivity index (χ0) is 19.5. The number of methoxy groups -OCH3 is 1. The maximum absolute atomic E-state index is 13.6. The van der Waals surface area contributed by atoms with Crippen LogP contribution < -0.4 is 15.8 Å². The normalized spacial score (nSPS) is 19.2. The topological polar surface area (TPSA) is 62.1 Å². The van der Waals surface area contributed by atoms with Crippen LogP contribution in [0, 0.1) is 0 Å². The van der Waals surface area contributed by atoms with Gasteiger partial charge in [-0.05, 0) is 33.8 Å². The minimum absolute atomic E-state index is 0.179. The Bertz CT molecular complexity index is 908. The van der Waals surface area contributed by atoms with E-state index in [1.54, 1.807) is 27.7 Å². The van der Waals surface area contributed by atoms with Crippen LogP contribution in [-0.2, 0) is 15.5 Å². The highest BCUT2D eigenvalue weighted by Crippen LogP contribution is 2.37. The molecule has 140 valence electrons. The third kappa shape index (κ3) is 2.86. The first-order valence-electron chi connectivity index (χ1n) is 7.90. The van der Waals surface area contributed by atoms with Crippen LogP contribution in [-0.4, -0.2) is 34.8 Å². The molecule has 3 rings (SSSR count). The van der Waals surface area contributed by atoms with Crippen molar-refractivity contribution in [2.24, 2.45) is 0 Å². The molecule has 0 saturated carbocycles. The first-order chi connectivity index (χ1) is 11.9. The molecule has 0 spiro atoms. The predicted molar refractivity (Wildman–Crippen MR) is 88.7 cm³/mol. The molecule has 1 fully saturated rings. The van der Waals surface area contributed by atoms with E-state index < -0.39 is 41.2 Å². The summed E-state index contributed by atoms with van der Waals surface area (Å²) < 4.78 is 58.2. The number of nitrogens with zero attached hydrogens (tertiary/aromatic N) is 2. The van der Waals surface area contributed by atoms with Crippen LogP contribution in [0.5, 0.6) is 5.75 Å². The van der Waals surface area contributed by atoms with Crippen molar-refractivity contribution in [2.45, 2.75) is 45.1 Å². The van der Waals surface area contributed by atoms with E-state index in [2.05, 4.69) is 4.98 Å². The van der Waals surface area contributed by atoms with Crippen molar-refractivity contribution in [1.82, 2.24) is 9.38 Å². The van der Waals surface area contributed by atoms with Crippen LogP contribution in [0.15, 0.2) is 23.1 Å². The molecule has 2 aromatic heterocycles. The SMILES string of the molecule is COc1ccn2c(=O)c(B3OC(C)(C)C(C)(C)O3)c(C(F)(F)F)nc2c1. The lowest BCUT2D eigenvalue weighted by Gasteiger charge is -2.32. The van der Waals surface area contributed by atoms with Gasteiger partial charge in [0, 0.05) is 12.3 Å². The van der Waals surface area contributed by atoms with Crippen LogP contribution in [0.1, 0.15) is 33.4 Å². The summed E-state index contributed by atoms with van der Waals surface area (Å²) in [5.41, 5.74) is -4.86. The second-order valence-electron chi connectivity index (χ2n) is 7.06. The third-order valence-corrected chi connectivity index (χ3v) is 4.83. The van der Waals surface area contributed by atoms with Crippen molar-refractivity contribution in [2.75, 3.05) is 7.11 Å². The lowest BCUT2D eigenvalue weighted by Crippen LogP contribution is -2.50. The van der Waals surface area contributed by atoms with Crippen molar-refractivity contribution in [3.05, 3.63) is 34.4 Å². The molecule has 0 amide bonds. The molecule has 0 bridgehead atoms. The highest BCUT2D eigenvalue weighted by atomic mass is 19.4. The number of rotatable bonds is 2. The number of hydrogen-bond acceptors (Lipinski definition) is 5. The molecule has 0 atom stereocenters. The number of hydrogen-bond donors (Lipinski definition) is 0. The fourth-order valence-corrected chi connectivity index (χ4v) is 2.65. The van der Waals surface area contributed by atoms with Crippen molar-refractivity contribution in [3.8, 4) is 5.75 Å². The van der Waals surface area contributed by atoms with Gasteiger partial charge in [-0.2, -0.15) is 13.2 Å². The molecule has 0 radical (unpaired) electrons. The fourth-order valence-electron chi connectivity index (χ4n) is 2.65. The summed E-state index contributed by atoms with van der Waals surface area (Å²) in [4.78, 5) is 16.5. The van der Waals surface area contributed by atoms with Gasteiger partial charge in [0.25, 0.3) is 5.56 Å². The number of pyridine rings is 1. The molecule has 0 aliphatic carbocycles. The molecule has 0 unspecified atom stereocenters. The van der Waals surface area contributed by atoms with Gasteiger partial charge in [-0.15, -0.1) is 0 Å². The molecule has 1 aliphatic rings. The summed E-state index contributed by atoms with van der Waals surface area (Å²) in [7, 11) is -0.108. The van der Waals surface area contributed by atoms with Crippen LogP contribution >= 0.6 is 0 Å². The Morgan fingerprint density at radius 3 is 2.27 bits per heavy atom. The lowest BCUT2D eigenvalue weighted by molar-refractivity contribution is -0.140. The number of fused-ring (bicyclic) bond motifs is 1. The Morgan fingerprint density at radius 1 is 1.19 bits per heavy atom. The molecular weight excluding hydrogens is 352 g/mol. The van der Waals surface area contributed by atoms with E-state index in [9.17, 15) is 18.0 Å². The lowest BCUT2D eigenvalue weighted by atomic mass is 9.78. The van der Waals surface area contributed by atoms with Crippen molar-refractivity contribution >= 4 is 18.2 Å². The van der Waals surface area contributed by atoms with E-state index in [4.69, 9.17) is 14.0 Å². The van der Waals surface area contributed by atoms with E-state index in [-0.39, 0.29) is 11.4 Å².